The summed E-state index contributed by atoms with van der Waals surface area (Å²) in [5.74, 6) is 0.399. The highest BCUT2D eigenvalue weighted by Crippen LogP contribution is 2.66. The van der Waals surface area contributed by atoms with Crippen molar-refractivity contribution >= 4 is 0 Å². The molecule has 2 N–H and O–H groups in total. The van der Waals surface area contributed by atoms with E-state index in [9.17, 15) is 14.7 Å². The molecule has 1 heterocycles. The maximum absolute atomic E-state index is 11.8. The van der Waals surface area contributed by atoms with Crippen LogP contribution in [0, 0.1) is 18.3 Å². The van der Waals surface area contributed by atoms with Crippen molar-refractivity contribution in [2.24, 2.45) is 11.3 Å². The third kappa shape index (κ3) is 1.42. The van der Waals surface area contributed by atoms with Crippen molar-refractivity contribution < 1.29 is 5.11 Å². The number of rotatable bonds is 2. The molecule has 2 aliphatic carbocycles. The second-order valence-electron chi connectivity index (χ2n) is 5.42. The minimum Gasteiger partial charge on any atom is -0.396 e. The number of nitrogens with zero attached hydrogens (tertiary/aromatic N) is 1. The molecule has 0 saturated heterocycles. The van der Waals surface area contributed by atoms with Crippen molar-refractivity contribution in [3.63, 3.8) is 0 Å². The fourth-order valence-corrected chi connectivity index (χ4v) is 3.27. The van der Waals surface area contributed by atoms with Crippen LogP contribution in [-0.2, 0) is 0 Å². The first-order valence-corrected chi connectivity index (χ1v) is 6.00. The predicted octanol–water partition coefficient (Wildman–Crippen LogP) is 0.179. The minimum absolute atomic E-state index is 0.0636. The largest absolute Gasteiger partial charge is 0.396 e. The van der Waals surface area contributed by atoms with Crippen LogP contribution in [0.1, 0.15) is 30.9 Å². The lowest BCUT2D eigenvalue weighted by Gasteiger charge is -2.15. The molecule has 17 heavy (non-hydrogen) atoms. The van der Waals surface area contributed by atoms with E-state index in [0.29, 0.717) is 11.5 Å². The Morgan fingerprint density at radius 2 is 2.35 bits per heavy atom. The van der Waals surface area contributed by atoms with E-state index in [0.717, 1.165) is 19.3 Å². The molecule has 1 unspecified atom stereocenters. The van der Waals surface area contributed by atoms with Crippen LogP contribution in [0.25, 0.3) is 0 Å². The summed E-state index contributed by atoms with van der Waals surface area (Å²) < 4.78 is 1.64. The van der Waals surface area contributed by atoms with Gasteiger partial charge in [0.15, 0.2) is 0 Å². The maximum Gasteiger partial charge on any atom is 0.328 e. The van der Waals surface area contributed by atoms with E-state index in [1.54, 1.807) is 17.7 Å². The van der Waals surface area contributed by atoms with Crippen LogP contribution in [0.15, 0.2) is 15.8 Å². The lowest BCUT2D eigenvalue weighted by Crippen LogP contribution is -2.33. The summed E-state index contributed by atoms with van der Waals surface area (Å²) in [7, 11) is 0. The van der Waals surface area contributed by atoms with Gasteiger partial charge in [0.25, 0.3) is 5.56 Å². The fraction of sp³-hybridized carbons (Fsp3) is 0.667. The van der Waals surface area contributed by atoms with Gasteiger partial charge >= 0.3 is 5.69 Å². The monoisotopic (exact) mass is 236 g/mol. The van der Waals surface area contributed by atoms with E-state index in [1.165, 1.54) is 0 Å². The van der Waals surface area contributed by atoms with Crippen molar-refractivity contribution in [3.05, 3.63) is 32.6 Å². The number of aromatic nitrogens is 2. The Morgan fingerprint density at radius 1 is 1.59 bits per heavy atom. The second kappa shape index (κ2) is 3.32. The Hall–Kier alpha value is -1.36. The van der Waals surface area contributed by atoms with Crippen LogP contribution in [-0.4, -0.2) is 21.3 Å². The molecular formula is C12H16N2O3. The van der Waals surface area contributed by atoms with E-state index >= 15 is 0 Å². The third-order valence-electron chi connectivity index (χ3n) is 4.47. The van der Waals surface area contributed by atoms with Crippen LogP contribution in [0.4, 0.5) is 0 Å². The van der Waals surface area contributed by atoms with Gasteiger partial charge in [0.2, 0.25) is 0 Å². The molecule has 2 saturated carbocycles. The van der Waals surface area contributed by atoms with Gasteiger partial charge in [0, 0.05) is 24.4 Å². The molecule has 0 amide bonds. The maximum atomic E-state index is 11.8. The first-order chi connectivity index (χ1) is 8.07. The number of fused-ring (bicyclic) bond motifs is 1. The zero-order valence-electron chi connectivity index (χ0n) is 9.77. The summed E-state index contributed by atoms with van der Waals surface area (Å²) in [4.78, 5) is 25.4. The van der Waals surface area contributed by atoms with E-state index < -0.39 is 0 Å². The summed E-state index contributed by atoms with van der Waals surface area (Å²) in [5.41, 5.74) is -0.0137. The first kappa shape index (κ1) is 10.8. The van der Waals surface area contributed by atoms with Gasteiger partial charge in [0.1, 0.15) is 0 Å². The van der Waals surface area contributed by atoms with Gasteiger partial charge in [-0.25, -0.2) is 4.79 Å². The molecule has 0 spiro atoms. The summed E-state index contributed by atoms with van der Waals surface area (Å²) in [6, 6.07) is 0.144. The van der Waals surface area contributed by atoms with Gasteiger partial charge in [-0.2, -0.15) is 0 Å². The number of aromatic amines is 1. The average molecular weight is 236 g/mol. The van der Waals surface area contributed by atoms with Crippen molar-refractivity contribution in [2.45, 2.75) is 32.2 Å². The fourth-order valence-electron chi connectivity index (χ4n) is 3.27. The molecular weight excluding hydrogens is 220 g/mol. The van der Waals surface area contributed by atoms with Gasteiger partial charge < -0.3 is 5.11 Å². The van der Waals surface area contributed by atoms with Gasteiger partial charge in [-0.3, -0.25) is 14.3 Å². The smallest absolute Gasteiger partial charge is 0.328 e. The SMILES string of the molecule is Cc1cn([C@H]2CC[C@@]3(CO)CC23)c(=O)[nH]c1=O. The van der Waals surface area contributed by atoms with E-state index in [2.05, 4.69) is 4.98 Å². The average Bonchev–Trinajstić information content (AvgIpc) is 2.92. The Bertz CT molecular complexity index is 574. The van der Waals surface area contributed by atoms with E-state index in [4.69, 9.17) is 0 Å². The summed E-state index contributed by atoms with van der Waals surface area (Å²) in [6.45, 7) is 1.92. The molecule has 1 aromatic heterocycles. The third-order valence-corrected chi connectivity index (χ3v) is 4.47. The molecule has 0 bridgehead atoms. The number of aliphatic hydroxyl groups is 1. The van der Waals surface area contributed by atoms with Crippen LogP contribution in [0.3, 0.4) is 0 Å². The highest BCUT2D eigenvalue weighted by atomic mass is 16.3. The number of aryl methyl sites for hydroxylation is 1. The summed E-state index contributed by atoms with van der Waals surface area (Å²) in [6.07, 6.45) is 4.54. The van der Waals surface area contributed by atoms with Gasteiger partial charge in [-0.05, 0) is 37.5 Å². The number of nitrogens with one attached hydrogen (secondary N) is 1. The molecule has 2 aliphatic rings. The molecule has 5 heteroatoms. The number of hydrogen-bond donors (Lipinski definition) is 2. The minimum atomic E-state index is -0.328. The van der Waals surface area contributed by atoms with Crippen molar-refractivity contribution in [3.8, 4) is 0 Å². The molecule has 3 rings (SSSR count). The molecule has 3 atom stereocenters. The zero-order chi connectivity index (χ0) is 12.2. The topological polar surface area (TPSA) is 75.1 Å². The predicted molar refractivity (Wildman–Crippen MR) is 62.0 cm³/mol. The molecule has 0 aromatic carbocycles. The molecule has 0 radical (unpaired) electrons. The quantitative estimate of drug-likeness (QED) is 0.769. The lowest BCUT2D eigenvalue weighted by atomic mass is 10.1. The number of aliphatic hydroxyl groups excluding tert-OH is 1. The van der Waals surface area contributed by atoms with Crippen LogP contribution < -0.4 is 11.2 Å². The van der Waals surface area contributed by atoms with Crippen LogP contribution >= 0.6 is 0 Å². The zero-order valence-corrected chi connectivity index (χ0v) is 9.77. The van der Waals surface area contributed by atoms with Gasteiger partial charge in [0.05, 0.1) is 0 Å². The Morgan fingerprint density at radius 3 is 2.94 bits per heavy atom. The Labute approximate surface area is 98.1 Å². The first-order valence-electron chi connectivity index (χ1n) is 6.00. The summed E-state index contributed by atoms with van der Waals surface area (Å²) in [5, 5.41) is 9.35. The number of H-pyrrole nitrogens is 1. The normalized spacial score (nSPS) is 34.7. The summed E-state index contributed by atoms with van der Waals surface area (Å²) >= 11 is 0. The molecule has 1 aromatic rings. The highest BCUT2D eigenvalue weighted by molar-refractivity contribution is 5.13. The standard InChI is InChI=1S/C12H16N2O3/c1-7-5-14(11(17)13-10(7)16)9-2-3-12(6-15)4-8(9)12/h5,8-9,15H,2-4,6H2,1H3,(H,13,16,17)/t8?,9-,12-/m0/s1. The van der Waals surface area contributed by atoms with E-state index in [1.807, 2.05) is 0 Å². The highest BCUT2D eigenvalue weighted by Gasteiger charge is 2.61. The Balaban J connectivity index is 2.00. The molecule has 92 valence electrons. The van der Waals surface area contributed by atoms with Crippen molar-refractivity contribution in [1.29, 1.82) is 0 Å². The molecule has 5 nitrogen and oxygen atoms in total. The van der Waals surface area contributed by atoms with Gasteiger partial charge in [-0.1, -0.05) is 0 Å². The Kier molecular flexibility index (Phi) is 2.10. The number of hydrogen-bond acceptors (Lipinski definition) is 3. The second-order valence-corrected chi connectivity index (χ2v) is 5.42. The van der Waals surface area contributed by atoms with E-state index in [-0.39, 0.29) is 29.3 Å². The molecule has 2 fully saturated rings. The lowest BCUT2D eigenvalue weighted by molar-refractivity contribution is 0.205. The van der Waals surface area contributed by atoms with Crippen molar-refractivity contribution in [1.82, 2.24) is 9.55 Å². The van der Waals surface area contributed by atoms with Crippen LogP contribution in [0.5, 0.6) is 0 Å². The van der Waals surface area contributed by atoms with Crippen molar-refractivity contribution in [2.75, 3.05) is 6.61 Å². The van der Waals surface area contributed by atoms with Gasteiger partial charge in [-0.15, -0.1) is 0 Å². The van der Waals surface area contributed by atoms with Crippen LogP contribution in [0.2, 0.25) is 0 Å². The molecule has 0 aliphatic heterocycles.